The van der Waals surface area contributed by atoms with E-state index in [1.807, 2.05) is 24.4 Å². The third kappa shape index (κ3) is 3.13. The Bertz CT molecular complexity index is 830. The molecule has 1 aromatic carbocycles. The Labute approximate surface area is 152 Å². The van der Waals surface area contributed by atoms with Crippen LogP contribution in [-0.4, -0.2) is 46.0 Å². The fourth-order valence-electron chi connectivity index (χ4n) is 3.76. The molecule has 2 aliphatic rings. The van der Waals surface area contributed by atoms with Crippen molar-refractivity contribution >= 4 is 5.70 Å². The number of benzene rings is 1. The standard InChI is InChI=1S/C19H24N6O/c20-17(4-5-19(21)24-11-13-9-22-10-14(13)12-24)16-3-2-15(8-18(16)26)25-7-1-6-23-25/h1-8,13-14,22,26H,9-12,20-21H2/b17-4-,19-5+/t13-,14+. The van der Waals surface area contributed by atoms with Crippen LogP contribution in [0.25, 0.3) is 11.4 Å². The number of nitrogens with one attached hydrogen (secondary N) is 1. The van der Waals surface area contributed by atoms with Crippen molar-refractivity contribution in [3.8, 4) is 11.4 Å². The van der Waals surface area contributed by atoms with Crippen molar-refractivity contribution in [3.63, 3.8) is 0 Å². The Morgan fingerprint density at radius 3 is 2.62 bits per heavy atom. The van der Waals surface area contributed by atoms with Gasteiger partial charge in [-0.3, -0.25) is 0 Å². The third-order valence-corrected chi connectivity index (χ3v) is 5.25. The number of fused-ring (bicyclic) bond motifs is 1. The van der Waals surface area contributed by atoms with Gasteiger partial charge in [0.25, 0.3) is 0 Å². The van der Waals surface area contributed by atoms with E-state index < -0.39 is 0 Å². The van der Waals surface area contributed by atoms with Gasteiger partial charge in [0.2, 0.25) is 0 Å². The van der Waals surface area contributed by atoms with Crippen molar-refractivity contribution < 1.29 is 5.11 Å². The molecule has 7 heteroatoms. The van der Waals surface area contributed by atoms with Gasteiger partial charge in [-0.25, -0.2) is 4.68 Å². The van der Waals surface area contributed by atoms with Gasteiger partial charge in [-0.15, -0.1) is 0 Å². The topological polar surface area (TPSA) is 105 Å². The summed E-state index contributed by atoms with van der Waals surface area (Å²) in [4.78, 5) is 2.21. The maximum atomic E-state index is 10.3. The van der Waals surface area contributed by atoms with Crippen LogP contribution in [0.15, 0.2) is 54.6 Å². The third-order valence-electron chi connectivity index (χ3n) is 5.25. The molecule has 0 spiro atoms. The van der Waals surface area contributed by atoms with Crippen molar-refractivity contribution in [1.82, 2.24) is 20.0 Å². The van der Waals surface area contributed by atoms with Gasteiger partial charge >= 0.3 is 0 Å². The van der Waals surface area contributed by atoms with Crippen LogP contribution < -0.4 is 16.8 Å². The number of aromatic nitrogens is 2. The van der Waals surface area contributed by atoms with Crippen molar-refractivity contribution in [2.24, 2.45) is 23.3 Å². The minimum absolute atomic E-state index is 0.112. The molecule has 2 fully saturated rings. The number of rotatable bonds is 4. The second-order valence-corrected chi connectivity index (χ2v) is 6.95. The minimum atomic E-state index is 0.112. The van der Waals surface area contributed by atoms with Gasteiger partial charge in [0.1, 0.15) is 5.75 Å². The van der Waals surface area contributed by atoms with Crippen molar-refractivity contribution in [1.29, 1.82) is 0 Å². The van der Waals surface area contributed by atoms with Crippen LogP contribution in [0, 0.1) is 11.8 Å². The first kappa shape index (κ1) is 16.5. The molecule has 2 atom stereocenters. The predicted octanol–water partition coefficient (Wildman–Crippen LogP) is 0.829. The average Bonchev–Trinajstić information content (AvgIpc) is 3.35. The normalized spacial score (nSPS) is 23.5. The molecule has 0 bridgehead atoms. The van der Waals surface area contributed by atoms with E-state index in [0.29, 0.717) is 23.1 Å². The zero-order valence-electron chi connectivity index (χ0n) is 14.5. The highest BCUT2D eigenvalue weighted by Gasteiger charge is 2.36. The first-order valence-electron chi connectivity index (χ1n) is 8.84. The molecule has 2 aliphatic heterocycles. The largest absolute Gasteiger partial charge is 0.507 e. The summed E-state index contributed by atoms with van der Waals surface area (Å²) in [5.41, 5.74) is 14.2. The molecule has 0 radical (unpaired) electrons. The first-order chi connectivity index (χ1) is 12.6. The lowest BCUT2D eigenvalue weighted by Crippen LogP contribution is -2.29. The van der Waals surface area contributed by atoms with Crippen LogP contribution in [0.4, 0.5) is 0 Å². The van der Waals surface area contributed by atoms with Gasteiger partial charge in [-0.05, 0) is 42.2 Å². The zero-order valence-corrected chi connectivity index (χ0v) is 14.5. The summed E-state index contributed by atoms with van der Waals surface area (Å²) in [6, 6.07) is 7.12. The highest BCUT2D eigenvalue weighted by Crippen LogP contribution is 2.28. The molecule has 1 aromatic heterocycles. The van der Waals surface area contributed by atoms with Gasteiger partial charge in [0.05, 0.1) is 11.5 Å². The van der Waals surface area contributed by atoms with Crippen LogP contribution in [0.3, 0.4) is 0 Å². The summed E-state index contributed by atoms with van der Waals surface area (Å²) in [5, 5.41) is 17.9. The van der Waals surface area contributed by atoms with E-state index in [2.05, 4.69) is 15.3 Å². The van der Waals surface area contributed by atoms with Crippen LogP contribution in [0.5, 0.6) is 5.75 Å². The fraction of sp³-hybridized carbons (Fsp3) is 0.316. The second kappa shape index (κ2) is 6.76. The van der Waals surface area contributed by atoms with Crippen molar-refractivity contribution in [3.05, 3.63) is 60.2 Å². The van der Waals surface area contributed by atoms with E-state index in [-0.39, 0.29) is 5.75 Å². The second-order valence-electron chi connectivity index (χ2n) is 6.95. The van der Waals surface area contributed by atoms with Crippen molar-refractivity contribution in [2.75, 3.05) is 26.2 Å². The van der Waals surface area contributed by atoms with Crippen molar-refractivity contribution in [2.45, 2.75) is 0 Å². The molecule has 136 valence electrons. The molecular weight excluding hydrogens is 328 g/mol. The van der Waals surface area contributed by atoms with Crippen LogP contribution in [0.1, 0.15) is 5.56 Å². The summed E-state index contributed by atoms with van der Waals surface area (Å²) >= 11 is 0. The molecule has 0 unspecified atom stereocenters. The summed E-state index contributed by atoms with van der Waals surface area (Å²) < 4.78 is 1.68. The van der Waals surface area contributed by atoms with E-state index in [0.717, 1.165) is 37.7 Å². The number of hydrogen-bond acceptors (Lipinski definition) is 6. The Balaban J connectivity index is 1.49. The van der Waals surface area contributed by atoms with Crippen LogP contribution in [0.2, 0.25) is 0 Å². The number of phenols is 1. The molecule has 2 aromatic rings. The lowest BCUT2D eigenvalue weighted by molar-refractivity contribution is 0.386. The summed E-state index contributed by atoms with van der Waals surface area (Å²) in [7, 11) is 0. The Morgan fingerprint density at radius 1 is 1.19 bits per heavy atom. The van der Waals surface area contributed by atoms with E-state index in [1.165, 1.54) is 0 Å². The molecule has 26 heavy (non-hydrogen) atoms. The number of allylic oxidation sites excluding steroid dienone is 2. The molecule has 0 amide bonds. The quantitative estimate of drug-likeness (QED) is 0.608. The summed E-state index contributed by atoms with van der Waals surface area (Å²) in [6.45, 7) is 4.11. The lowest BCUT2D eigenvalue weighted by Gasteiger charge is -2.19. The van der Waals surface area contributed by atoms with Gasteiger partial charge in [-0.2, -0.15) is 5.10 Å². The molecular formula is C19H24N6O. The van der Waals surface area contributed by atoms with E-state index in [4.69, 9.17) is 11.5 Å². The molecule has 3 heterocycles. The maximum absolute atomic E-state index is 10.3. The monoisotopic (exact) mass is 352 g/mol. The molecule has 2 saturated heterocycles. The molecule has 0 saturated carbocycles. The SMILES string of the molecule is N/C(=C\C=C(/N)N1C[C@H]2CNC[C@H]2C1)c1ccc(-n2cccn2)cc1O. The van der Waals surface area contributed by atoms with E-state index in [9.17, 15) is 5.11 Å². The Hall–Kier alpha value is -2.93. The minimum Gasteiger partial charge on any atom is -0.507 e. The highest BCUT2D eigenvalue weighted by molar-refractivity contribution is 5.70. The van der Waals surface area contributed by atoms with Crippen LogP contribution >= 0.6 is 0 Å². The van der Waals surface area contributed by atoms with Crippen LogP contribution in [-0.2, 0) is 0 Å². The Kier molecular flexibility index (Phi) is 4.30. The summed E-state index contributed by atoms with van der Waals surface area (Å²) in [6.07, 6.45) is 7.09. The number of phenolic OH excluding ortho intramolecular Hbond substituents is 1. The average molecular weight is 352 g/mol. The van der Waals surface area contributed by atoms with Gasteiger partial charge in [0.15, 0.2) is 0 Å². The fourth-order valence-corrected chi connectivity index (χ4v) is 3.76. The van der Waals surface area contributed by atoms with Gasteiger partial charge in [0, 0.05) is 55.9 Å². The first-order valence-corrected chi connectivity index (χ1v) is 8.84. The Morgan fingerprint density at radius 2 is 1.96 bits per heavy atom. The molecule has 7 nitrogen and oxygen atoms in total. The number of nitrogens with two attached hydrogens (primary N) is 2. The number of aromatic hydroxyl groups is 1. The molecule has 0 aliphatic carbocycles. The maximum Gasteiger partial charge on any atom is 0.127 e. The lowest BCUT2D eigenvalue weighted by atomic mass is 10.0. The van der Waals surface area contributed by atoms with E-state index >= 15 is 0 Å². The van der Waals surface area contributed by atoms with Gasteiger partial charge < -0.3 is 26.8 Å². The number of hydrogen-bond donors (Lipinski definition) is 4. The number of likely N-dealkylation sites (tertiary alicyclic amines) is 1. The highest BCUT2D eigenvalue weighted by atomic mass is 16.3. The number of nitrogens with zero attached hydrogens (tertiary/aromatic N) is 3. The zero-order chi connectivity index (χ0) is 18.1. The smallest absolute Gasteiger partial charge is 0.127 e. The van der Waals surface area contributed by atoms with Gasteiger partial charge in [-0.1, -0.05) is 0 Å². The van der Waals surface area contributed by atoms with E-state index in [1.54, 1.807) is 29.1 Å². The molecule has 4 rings (SSSR count). The summed E-state index contributed by atoms with van der Waals surface area (Å²) in [5.74, 6) is 2.19. The predicted molar refractivity (Wildman–Crippen MR) is 101 cm³/mol. The molecule has 6 N–H and O–H groups in total.